The molecule has 9 heteroatoms. The molecule has 0 saturated heterocycles. The van der Waals surface area contributed by atoms with Gasteiger partial charge in [0.05, 0.1) is 55.1 Å². The minimum absolute atomic E-state index is 0.0183. The molecule has 0 aromatic heterocycles. The highest BCUT2D eigenvalue weighted by Gasteiger charge is 2.39. The van der Waals surface area contributed by atoms with E-state index in [2.05, 4.69) is 29.6 Å². The molecule has 0 aliphatic carbocycles. The van der Waals surface area contributed by atoms with Crippen molar-refractivity contribution < 1.29 is 23.8 Å². The van der Waals surface area contributed by atoms with Gasteiger partial charge in [-0.2, -0.15) is 5.26 Å². The maximum absolute atomic E-state index is 13.9. The smallest absolute Gasteiger partial charge is 0.336 e. The van der Waals surface area contributed by atoms with Crippen LogP contribution in [0.5, 0.6) is 0 Å². The first kappa shape index (κ1) is 32.8. The third-order valence-electron chi connectivity index (χ3n) is 7.23. The maximum atomic E-state index is 13.9. The van der Waals surface area contributed by atoms with Gasteiger partial charge in [0, 0.05) is 22.5 Å². The molecule has 0 spiro atoms. The highest BCUT2D eigenvalue weighted by Crippen LogP contribution is 2.40. The number of carbonyl (C=O) groups is 2. The van der Waals surface area contributed by atoms with Crippen LogP contribution in [0, 0.1) is 11.3 Å². The lowest BCUT2D eigenvalue weighted by atomic mass is 9.80. The number of esters is 2. The Morgan fingerprint density at radius 1 is 0.886 bits per heavy atom. The molecule has 3 aromatic rings. The van der Waals surface area contributed by atoms with Crippen molar-refractivity contribution in [2.45, 2.75) is 31.6 Å². The van der Waals surface area contributed by atoms with E-state index < -0.39 is 17.9 Å². The molecule has 0 radical (unpaired) electrons. The number of hydrogen-bond donors (Lipinski definition) is 1. The van der Waals surface area contributed by atoms with Gasteiger partial charge in [-0.1, -0.05) is 84.4 Å². The molecule has 1 atom stereocenters. The number of alkyl halides is 1. The summed E-state index contributed by atoms with van der Waals surface area (Å²) >= 11 is 12.2. The minimum atomic E-state index is -0.856. The molecular formula is C35H34Cl2N2O5. The maximum Gasteiger partial charge on any atom is 0.336 e. The molecule has 1 unspecified atom stereocenters. The number of halogens is 2. The third kappa shape index (κ3) is 8.51. The number of nitrogens with one attached hydrogen (secondary N) is 1. The van der Waals surface area contributed by atoms with Crippen LogP contribution in [0.4, 0.5) is 0 Å². The zero-order valence-corrected chi connectivity index (χ0v) is 25.9. The Morgan fingerprint density at radius 3 is 2.14 bits per heavy atom. The van der Waals surface area contributed by atoms with E-state index in [1.165, 1.54) is 0 Å². The fourth-order valence-corrected chi connectivity index (χ4v) is 5.59. The van der Waals surface area contributed by atoms with Crippen LogP contribution >= 0.6 is 23.2 Å². The van der Waals surface area contributed by atoms with Gasteiger partial charge in [-0.15, -0.1) is 11.6 Å². The monoisotopic (exact) mass is 632 g/mol. The normalized spacial score (nSPS) is 14.7. The van der Waals surface area contributed by atoms with Gasteiger partial charge < -0.3 is 19.5 Å². The van der Waals surface area contributed by atoms with E-state index in [1.807, 2.05) is 42.5 Å². The van der Waals surface area contributed by atoms with Crippen LogP contribution in [0.3, 0.4) is 0 Å². The van der Waals surface area contributed by atoms with E-state index in [0.717, 1.165) is 11.1 Å². The summed E-state index contributed by atoms with van der Waals surface area (Å²) in [5.74, 6) is -1.81. The van der Waals surface area contributed by atoms with Crippen LogP contribution < -0.4 is 5.32 Å². The molecule has 1 N–H and O–H groups in total. The molecule has 0 saturated carbocycles. The highest BCUT2D eigenvalue weighted by atomic mass is 35.5. The van der Waals surface area contributed by atoms with E-state index in [1.54, 1.807) is 31.2 Å². The van der Waals surface area contributed by atoms with Crippen LogP contribution in [0.1, 0.15) is 48.3 Å². The molecule has 1 heterocycles. The second-order valence-electron chi connectivity index (χ2n) is 10.1. The second kappa shape index (κ2) is 16.7. The number of nitriles is 1. The number of benzene rings is 3. The largest absolute Gasteiger partial charge is 0.462 e. The summed E-state index contributed by atoms with van der Waals surface area (Å²) in [5, 5.41) is 12.6. The van der Waals surface area contributed by atoms with E-state index >= 15 is 0 Å². The van der Waals surface area contributed by atoms with Gasteiger partial charge in [0.15, 0.2) is 0 Å². The van der Waals surface area contributed by atoms with Gasteiger partial charge >= 0.3 is 11.9 Å². The SMILES string of the molecule is CC1=C(C(=O)OCCC(c2ccccc2)c2ccccc2)C(c2cccc(Cl)c2)C(C(=O)OCCC#N)=C(COCCCl)N1. The Bertz CT molecular complexity index is 1490. The molecule has 3 aromatic carbocycles. The topological polar surface area (TPSA) is 97.7 Å². The van der Waals surface area contributed by atoms with E-state index in [-0.39, 0.29) is 55.8 Å². The van der Waals surface area contributed by atoms with Crippen molar-refractivity contribution in [3.8, 4) is 6.07 Å². The lowest BCUT2D eigenvalue weighted by Crippen LogP contribution is -2.35. The number of allylic oxidation sites excluding steroid dienone is 1. The molecule has 4 rings (SSSR count). The number of carbonyl (C=O) groups excluding carboxylic acids is 2. The predicted molar refractivity (Wildman–Crippen MR) is 170 cm³/mol. The summed E-state index contributed by atoms with van der Waals surface area (Å²) in [6, 6.07) is 29.1. The highest BCUT2D eigenvalue weighted by molar-refractivity contribution is 6.30. The average molecular weight is 634 g/mol. The molecule has 44 heavy (non-hydrogen) atoms. The molecular weight excluding hydrogens is 599 g/mol. The Kier molecular flexibility index (Phi) is 12.4. The second-order valence-corrected chi connectivity index (χ2v) is 10.9. The fraction of sp³-hybridized carbons (Fsp3) is 0.286. The molecule has 228 valence electrons. The Hall–Kier alpha value is -4.09. The van der Waals surface area contributed by atoms with Crippen LogP contribution in [0.25, 0.3) is 0 Å². The molecule has 0 fully saturated rings. The standard InChI is InChI=1S/C35H34Cl2N2O5/c1-24-31(34(40)44-20-16-29(25-10-4-2-5-11-25)26-12-6-3-7-13-26)32(27-14-8-15-28(37)22-27)33(35(41)43-19-9-18-38)30(39-24)23-42-21-17-36/h2-8,10-15,22,29,32,39H,9,16-17,19-21,23H2,1H3. The van der Waals surface area contributed by atoms with Gasteiger partial charge in [-0.3, -0.25) is 0 Å². The quantitative estimate of drug-likeness (QED) is 0.116. The number of nitrogens with zero attached hydrogens (tertiary/aromatic N) is 1. The van der Waals surface area contributed by atoms with Crippen molar-refractivity contribution in [3.63, 3.8) is 0 Å². The summed E-state index contributed by atoms with van der Waals surface area (Å²) in [5.41, 5.74) is 4.24. The molecule has 7 nitrogen and oxygen atoms in total. The Labute approximate surface area is 268 Å². The van der Waals surface area contributed by atoms with Crippen LogP contribution in [0.15, 0.2) is 107 Å². The van der Waals surface area contributed by atoms with Gasteiger partial charge in [0.2, 0.25) is 0 Å². The lowest BCUT2D eigenvalue weighted by molar-refractivity contribution is -0.140. The number of rotatable bonds is 14. The fourth-order valence-electron chi connectivity index (χ4n) is 5.28. The van der Waals surface area contributed by atoms with Gasteiger partial charge in [-0.25, -0.2) is 9.59 Å². The van der Waals surface area contributed by atoms with E-state index in [4.69, 9.17) is 42.7 Å². The number of dihydropyridines is 1. The van der Waals surface area contributed by atoms with Crippen molar-refractivity contribution in [1.82, 2.24) is 5.32 Å². The third-order valence-corrected chi connectivity index (χ3v) is 7.61. The lowest BCUT2D eigenvalue weighted by Gasteiger charge is -2.31. The predicted octanol–water partition coefficient (Wildman–Crippen LogP) is 7.03. The summed E-state index contributed by atoms with van der Waals surface area (Å²) in [6.07, 6.45) is 0.581. The van der Waals surface area contributed by atoms with E-state index in [0.29, 0.717) is 28.4 Å². The van der Waals surface area contributed by atoms with Crippen molar-refractivity contribution in [2.24, 2.45) is 0 Å². The van der Waals surface area contributed by atoms with Crippen LogP contribution in [-0.2, 0) is 23.8 Å². The summed E-state index contributed by atoms with van der Waals surface area (Å²) in [7, 11) is 0. The Morgan fingerprint density at radius 2 is 1.52 bits per heavy atom. The van der Waals surface area contributed by atoms with E-state index in [9.17, 15) is 9.59 Å². The van der Waals surface area contributed by atoms with Crippen molar-refractivity contribution in [3.05, 3.63) is 129 Å². The molecule has 1 aliphatic heterocycles. The Balaban J connectivity index is 1.65. The van der Waals surface area contributed by atoms with Gasteiger partial charge in [0.1, 0.15) is 6.61 Å². The first-order valence-corrected chi connectivity index (χ1v) is 15.3. The van der Waals surface area contributed by atoms with Crippen LogP contribution in [-0.4, -0.2) is 44.2 Å². The molecule has 0 bridgehead atoms. The zero-order valence-electron chi connectivity index (χ0n) is 24.4. The van der Waals surface area contributed by atoms with Gasteiger partial charge in [0.25, 0.3) is 0 Å². The number of ether oxygens (including phenoxy) is 3. The van der Waals surface area contributed by atoms with Crippen LogP contribution in [0.2, 0.25) is 5.02 Å². The molecule has 1 aliphatic rings. The van der Waals surface area contributed by atoms with Crippen molar-refractivity contribution in [2.75, 3.05) is 32.3 Å². The van der Waals surface area contributed by atoms with Crippen molar-refractivity contribution >= 4 is 35.1 Å². The molecule has 0 amide bonds. The average Bonchev–Trinajstić information content (AvgIpc) is 3.03. The first-order chi connectivity index (χ1) is 21.4. The summed E-state index contributed by atoms with van der Waals surface area (Å²) in [6.45, 7) is 2.09. The zero-order chi connectivity index (χ0) is 31.3. The summed E-state index contributed by atoms with van der Waals surface area (Å²) < 4.78 is 17.1. The minimum Gasteiger partial charge on any atom is -0.462 e. The van der Waals surface area contributed by atoms with Crippen molar-refractivity contribution in [1.29, 1.82) is 5.26 Å². The summed E-state index contributed by atoms with van der Waals surface area (Å²) in [4.78, 5) is 27.5. The first-order valence-electron chi connectivity index (χ1n) is 14.4. The number of hydrogen-bond acceptors (Lipinski definition) is 7. The van der Waals surface area contributed by atoms with Gasteiger partial charge in [-0.05, 0) is 42.2 Å².